The van der Waals surface area contributed by atoms with E-state index in [-0.39, 0.29) is 11.3 Å². The number of amides is 3. The topological polar surface area (TPSA) is 84.9 Å². The Morgan fingerprint density at radius 2 is 1.79 bits per heavy atom. The van der Waals surface area contributed by atoms with Crippen molar-refractivity contribution in [1.82, 2.24) is 0 Å². The summed E-state index contributed by atoms with van der Waals surface area (Å²) in [6.07, 6.45) is 0. The predicted molar refractivity (Wildman–Crippen MR) is 86.8 cm³/mol. The first kappa shape index (κ1) is 15.5. The molecule has 0 radical (unpaired) electrons. The quantitative estimate of drug-likeness (QED) is 0.876. The number of carbonyl (C=O) groups is 3. The molecule has 0 aliphatic carbocycles. The standard InChI is InChI=1S/C17H14N2O5/c1-23-10-7-8-12(14(9-10)24-2)18-17(22)19-13-6-4-3-5-11(13)15(20)16(19)21/h3-9H,1-2H3,(H,18,22). The molecule has 2 aromatic rings. The number of Topliss-reactive ketones (excluding diaryl/α,β-unsaturated/α-hetero) is 1. The number of nitrogens with zero attached hydrogens (tertiary/aromatic N) is 1. The summed E-state index contributed by atoms with van der Waals surface area (Å²) in [7, 11) is 2.96. The van der Waals surface area contributed by atoms with Gasteiger partial charge in [0.05, 0.1) is 31.2 Å². The Morgan fingerprint density at radius 1 is 1.04 bits per heavy atom. The summed E-state index contributed by atoms with van der Waals surface area (Å²) in [5, 5.41) is 2.58. The number of urea groups is 1. The summed E-state index contributed by atoms with van der Waals surface area (Å²) in [4.78, 5) is 37.4. The molecule has 0 unspecified atom stereocenters. The maximum atomic E-state index is 12.5. The molecule has 122 valence electrons. The van der Waals surface area contributed by atoms with Gasteiger partial charge in [-0.3, -0.25) is 9.59 Å². The lowest BCUT2D eigenvalue weighted by Gasteiger charge is -2.17. The number of nitrogens with one attached hydrogen (secondary N) is 1. The van der Waals surface area contributed by atoms with E-state index in [1.165, 1.54) is 20.3 Å². The van der Waals surface area contributed by atoms with Crippen molar-refractivity contribution in [2.24, 2.45) is 0 Å². The van der Waals surface area contributed by atoms with Crippen LogP contribution in [0.3, 0.4) is 0 Å². The van der Waals surface area contributed by atoms with Crippen LogP contribution in [0.4, 0.5) is 16.2 Å². The minimum absolute atomic E-state index is 0.208. The number of fused-ring (bicyclic) bond motifs is 1. The summed E-state index contributed by atoms with van der Waals surface area (Å²) in [5.41, 5.74) is 0.824. The van der Waals surface area contributed by atoms with Crippen molar-refractivity contribution in [3.05, 3.63) is 48.0 Å². The van der Waals surface area contributed by atoms with Crippen LogP contribution in [-0.2, 0) is 4.79 Å². The van der Waals surface area contributed by atoms with Gasteiger partial charge in [0.15, 0.2) is 0 Å². The summed E-state index contributed by atoms with van der Waals surface area (Å²) >= 11 is 0. The number of ether oxygens (including phenoxy) is 2. The Kier molecular flexibility index (Phi) is 3.91. The zero-order chi connectivity index (χ0) is 17.3. The number of carbonyl (C=O) groups excluding carboxylic acids is 3. The highest BCUT2D eigenvalue weighted by Gasteiger charge is 2.39. The van der Waals surface area contributed by atoms with Crippen LogP contribution in [0.25, 0.3) is 0 Å². The molecule has 2 aromatic carbocycles. The van der Waals surface area contributed by atoms with Crippen molar-refractivity contribution in [2.75, 3.05) is 24.4 Å². The number of para-hydroxylation sites is 1. The fourth-order valence-corrected chi connectivity index (χ4v) is 2.46. The first-order chi connectivity index (χ1) is 11.6. The SMILES string of the molecule is COc1ccc(NC(=O)N2C(=O)C(=O)c3ccccc32)c(OC)c1. The van der Waals surface area contributed by atoms with E-state index in [1.807, 2.05) is 0 Å². The molecule has 1 heterocycles. The van der Waals surface area contributed by atoms with Crippen LogP contribution in [0.2, 0.25) is 0 Å². The molecule has 0 aromatic heterocycles. The molecule has 0 atom stereocenters. The number of methoxy groups -OCH3 is 2. The Labute approximate surface area is 137 Å². The average molecular weight is 326 g/mol. The molecule has 3 amide bonds. The van der Waals surface area contributed by atoms with E-state index in [9.17, 15) is 14.4 Å². The summed E-state index contributed by atoms with van der Waals surface area (Å²) in [6, 6.07) is 10.4. The van der Waals surface area contributed by atoms with E-state index in [4.69, 9.17) is 9.47 Å². The Hall–Kier alpha value is -3.35. The van der Waals surface area contributed by atoms with E-state index in [0.717, 1.165) is 4.90 Å². The van der Waals surface area contributed by atoms with E-state index in [0.29, 0.717) is 17.2 Å². The van der Waals surface area contributed by atoms with Crippen LogP contribution in [-0.4, -0.2) is 31.9 Å². The zero-order valence-corrected chi connectivity index (χ0v) is 13.0. The zero-order valence-electron chi connectivity index (χ0n) is 13.0. The molecule has 0 fully saturated rings. The van der Waals surface area contributed by atoms with Crippen LogP contribution in [0.1, 0.15) is 10.4 Å². The van der Waals surface area contributed by atoms with Crippen molar-refractivity contribution in [3.8, 4) is 11.5 Å². The van der Waals surface area contributed by atoms with Gasteiger partial charge < -0.3 is 14.8 Å². The number of ketones is 1. The van der Waals surface area contributed by atoms with Gasteiger partial charge >= 0.3 is 11.9 Å². The lowest BCUT2D eigenvalue weighted by atomic mass is 10.1. The van der Waals surface area contributed by atoms with Gasteiger partial charge in [-0.1, -0.05) is 12.1 Å². The van der Waals surface area contributed by atoms with Crippen LogP contribution in [0.5, 0.6) is 11.5 Å². The van der Waals surface area contributed by atoms with Crippen molar-refractivity contribution < 1.29 is 23.9 Å². The largest absolute Gasteiger partial charge is 0.497 e. The van der Waals surface area contributed by atoms with Crippen molar-refractivity contribution in [1.29, 1.82) is 0 Å². The van der Waals surface area contributed by atoms with Gasteiger partial charge in [-0.15, -0.1) is 0 Å². The Bertz CT molecular complexity index is 847. The minimum atomic E-state index is -0.888. The van der Waals surface area contributed by atoms with Crippen molar-refractivity contribution in [2.45, 2.75) is 0 Å². The average Bonchev–Trinajstić information content (AvgIpc) is 2.86. The van der Waals surface area contributed by atoms with Crippen LogP contribution >= 0.6 is 0 Å². The fourth-order valence-electron chi connectivity index (χ4n) is 2.46. The maximum Gasteiger partial charge on any atom is 0.333 e. The van der Waals surface area contributed by atoms with Crippen LogP contribution in [0, 0.1) is 0 Å². The van der Waals surface area contributed by atoms with Crippen LogP contribution < -0.4 is 19.7 Å². The molecule has 1 N–H and O–H groups in total. The van der Waals surface area contributed by atoms with Gasteiger partial charge in [-0.25, -0.2) is 9.69 Å². The highest BCUT2D eigenvalue weighted by atomic mass is 16.5. The molecule has 0 saturated carbocycles. The predicted octanol–water partition coefficient (Wildman–Crippen LogP) is 2.47. The summed E-state index contributed by atoms with van der Waals surface area (Å²) in [6.45, 7) is 0. The van der Waals surface area contributed by atoms with Crippen LogP contribution in [0.15, 0.2) is 42.5 Å². The Morgan fingerprint density at radius 3 is 2.50 bits per heavy atom. The van der Waals surface area contributed by atoms with E-state index < -0.39 is 17.7 Å². The number of anilines is 2. The normalized spacial score (nSPS) is 12.8. The lowest BCUT2D eigenvalue weighted by molar-refractivity contribution is -0.113. The monoisotopic (exact) mass is 326 g/mol. The second kappa shape index (κ2) is 6.04. The first-order valence-corrected chi connectivity index (χ1v) is 7.07. The minimum Gasteiger partial charge on any atom is -0.497 e. The highest BCUT2D eigenvalue weighted by molar-refractivity contribution is 6.56. The van der Waals surface area contributed by atoms with Crippen molar-refractivity contribution in [3.63, 3.8) is 0 Å². The van der Waals surface area contributed by atoms with Crippen molar-refractivity contribution >= 4 is 29.1 Å². The second-order valence-corrected chi connectivity index (χ2v) is 4.98. The van der Waals surface area contributed by atoms with E-state index >= 15 is 0 Å². The summed E-state index contributed by atoms with van der Waals surface area (Å²) < 4.78 is 10.3. The molecule has 1 aliphatic rings. The second-order valence-electron chi connectivity index (χ2n) is 4.98. The van der Waals surface area contributed by atoms with Gasteiger partial charge in [0.1, 0.15) is 11.5 Å². The third-order valence-electron chi connectivity index (χ3n) is 3.64. The third-order valence-corrected chi connectivity index (χ3v) is 3.64. The van der Waals surface area contributed by atoms with Gasteiger partial charge in [0, 0.05) is 6.07 Å². The number of hydrogen-bond acceptors (Lipinski definition) is 5. The van der Waals surface area contributed by atoms with Gasteiger partial charge in [-0.05, 0) is 24.3 Å². The van der Waals surface area contributed by atoms with E-state index in [1.54, 1.807) is 36.4 Å². The molecule has 0 saturated heterocycles. The molecule has 1 aliphatic heterocycles. The Balaban J connectivity index is 1.91. The first-order valence-electron chi connectivity index (χ1n) is 7.07. The molecular weight excluding hydrogens is 312 g/mol. The molecule has 0 bridgehead atoms. The molecule has 24 heavy (non-hydrogen) atoms. The van der Waals surface area contributed by atoms with Gasteiger partial charge in [0.25, 0.3) is 5.78 Å². The molecule has 3 rings (SSSR count). The maximum absolute atomic E-state index is 12.5. The van der Waals surface area contributed by atoms with E-state index in [2.05, 4.69) is 5.32 Å². The molecular formula is C17H14N2O5. The fraction of sp³-hybridized carbons (Fsp3) is 0.118. The number of imide groups is 1. The summed E-state index contributed by atoms with van der Waals surface area (Å²) in [5.74, 6) is -0.666. The number of benzene rings is 2. The number of rotatable bonds is 3. The molecule has 7 nitrogen and oxygen atoms in total. The van der Waals surface area contributed by atoms with Gasteiger partial charge in [-0.2, -0.15) is 0 Å². The highest BCUT2D eigenvalue weighted by Crippen LogP contribution is 2.32. The third kappa shape index (κ3) is 2.45. The smallest absolute Gasteiger partial charge is 0.333 e. The van der Waals surface area contributed by atoms with Gasteiger partial charge in [0.2, 0.25) is 0 Å². The molecule has 0 spiro atoms. The lowest BCUT2D eigenvalue weighted by Crippen LogP contribution is -2.39. The molecule has 7 heteroatoms. The number of hydrogen-bond donors (Lipinski definition) is 1.